The van der Waals surface area contributed by atoms with Gasteiger partial charge in [0.15, 0.2) is 5.82 Å². The smallest absolute Gasteiger partial charge is 0.160 e. The zero-order chi connectivity index (χ0) is 43.2. The predicted octanol–water partition coefficient (Wildman–Crippen LogP) is 16.0. The third-order valence-electron chi connectivity index (χ3n) is 13.1. The van der Waals surface area contributed by atoms with Crippen molar-refractivity contribution in [3.63, 3.8) is 0 Å². The number of para-hydroxylation sites is 1. The number of benzene rings is 10. The standard InChI is InChI=1S/C63H42N2/c1-3-18-43(19-4-1)62-64-60-37-12-9-34-57(60)61(65-62)52-28-16-26-50(41-52)48-24-14-22-46(39-48)44-20-13-21-45(38-44)47-23-15-25-49(40-47)51-27-17-31-54(42-51)63(53-29-5-2-6-30-53)58-35-10-7-32-55(58)56-33-8-11-36-59(56)63/h1-42H. The Morgan fingerprint density at radius 1 is 0.262 bits per heavy atom. The highest BCUT2D eigenvalue weighted by Gasteiger charge is 2.45. The van der Waals surface area contributed by atoms with E-state index in [0.717, 1.165) is 44.7 Å². The highest BCUT2D eigenvalue weighted by molar-refractivity contribution is 5.95. The summed E-state index contributed by atoms with van der Waals surface area (Å²) in [6, 6.07) is 92.1. The molecule has 0 radical (unpaired) electrons. The maximum atomic E-state index is 5.15. The molecule has 2 nitrogen and oxygen atoms in total. The Morgan fingerprint density at radius 2 is 0.646 bits per heavy atom. The summed E-state index contributed by atoms with van der Waals surface area (Å²) in [4.78, 5) is 10.1. The summed E-state index contributed by atoms with van der Waals surface area (Å²) >= 11 is 0. The zero-order valence-corrected chi connectivity index (χ0v) is 35.6. The molecular formula is C63H42N2. The van der Waals surface area contributed by atoms with Crippen molar-refractivity contribution in [2.75, 3.05) is 0 Å². The first kappa shape index (κ1) is 38.2. The van der Waals surface area contributed by atoms with Crippen molar-refractivity contribution in [3.8, 4) is 78.3 Å². The summed E-state index contributed by atoms with van der Waals surface area (Å²) in [5.41, 5.74) is 20.6. The van der Waals surface area contributed by atoms with Gasteiger partial charge in [-0.25, -0.2) is 9.97 Å². The second-order valence-corrected chi connectivity index (χ2v) is 16.9. The third kappa shape index (κ3) is 6.67. The third-order valence-corrected chi connectivity index (χ3v) is 13.1. The summed E-state index contributed by atoms with van der Waals surface area (Å²) < 4.78 is 0. The lowest BCUT2D eigenvalue weighted by molar-refractivity contribution is 0.769. The molecule has 0 saturated heterocycles. The van der Waals surface area contributed by atoms with Crippen molar-refractivity contribution in [2.45, 2.75) is 5.41 Å². The fourth-order valence-electron chi connectivity index (χ4n) is 10.1. The van der Waals surface area contributed by atoms with Crippen LogP contribution in [0.25, 0.3) is 89.2 Å². The molecule has 0 bridgehead atoms. The van der Waals surface area contributed by atoms with Crippen molar-refractivity contribution < 1.29 is 0 Å². The largest absolute Gasteiger partial charge is 0.228 e. The van der Waals surface area contributed by atoms with Crippen LogP contribution in [0, 0.1) is 0 Å². The lowest BCUT2D eigenvalue weighted by atomic mass is 9.67. The molecule has 11 aromatic rings. The summed E-state index contributed by atoms with van der Waals surface area (Å²) in [6.45, 7) is 0. The molecule has 1 aromatic heterocycles. The van der Waals surface area contributed by atoms with Crippen molar-refractivity contribution >= 4 is 10.9 Å². The molecule has 0 unspecified atom stereocenters. The fraction of sp³-hybridized carbons (Fsp3) is 0.0159. The van der Waals surface area contributed by atoms with E-state index in [1.807, 2.05) is 24.3 Å². The maximum Gasteiger partial charge on any atom is 0.160 e. The molecule has 0 aliphatic heterocycles. The SMILES string of the molecule is c1ccc(-c2nc(-c3cccc(-c4cccc(-c5cccc(-c6cccc(-c7cccc(C8(c9ccccc9)c9ccccc9-c9ccccc98)c7)c6)c5)c4)c3)c3ccccc3n2)cc1. The van der Waals surface area contributed by atoms with Crippen LogP contribution in [0.3, 0.4) is 0 Å². The van der Waals surface area contributed by atoms with E-state index in [2.05, 4.69) is 231 Å². The quantitative estimate of drug-likeness (QED) is 0.152. The summed E-state index contributed by atoms with van der Waals surface area (Å²) in [6.07, 6.45) is 0. The molecule has 304 valence electrons. The summed E-state index contributed by atoms with van der Waals surface area (Å²) in [5, 5.41) is 1.04. The second kappa shape index (κ2) is 16.0. The first-order chi connectivity index (χ1) is 32.2. The number of rotatable bonds is 8. The lowest BCUT2D eigenvalue weighted by Crippen LogP contribution is -2.28. The van der Waals surface area contributed by atoms with Gasteiger partial charge < -0.3 is 0 Å². The number of aromatic nitrogens is 2. The van der Waals surface area contributed by atoms with Crippen LogP contribution in [-0.4, -0.2) is 9.97 Å². The van der Waals surface area contributed by atoms with Gasteiger partial charge in [0.25, 0.3) is 0 Å². The van der Waals surface area contributed by atoms with Crippen molar-refractivity contribution in [2.24, 2.45) is 0 Å². The van der Waals surface area contributed by atoms with Crippen LogP contribution in [0.1, 0.15) is 22.3 Å². The molecule has 0 saturated carbocycles. The van der Waals surface area contributed by atoms with Crippen molar-refractivity contribution in [1.82, 2.24) is 9.97 Å². The molecule has 12 rings (SSSR count). The molecule has 0 amide bonds. The molecule has 10 aromatic carbocycles. The molecule has 0 atom stereocenters. The van der Waals surface area contributed by atoms with Crippen LogP contribution < -0.4 is 0 Å². The molecule has 1 aliphatic rings. The Labute approximate surface area is 379 Å². The molecule has 0 N–H and O–H groups in total. The van der Waals surface area contributed by atoms with Crippen LogP contribution >= 0.6 is 0 Å². The van der Waals surface area contributed by atoms with Gasteiger partial charge in [0.1, 0.15) is 0 Å². The van der Waals surface area contributed by atoms with Gasteiger partial charge in [0.2, 0.25) is 0 Å². The van der Waals surface area contributed by atoms with Gasteiger partial charge >= 0.3 is 0 Å². The van der Waals surface area contributed by atoms with Gasteiger partial charge in [0.05, 0.1) is 16.6 Å². The summed E-state index contributed by atoms with van der Waals surface area (Å²) in [7, 11) is 0. The van der Waals surface area contributed by atoms with Gasteiger partial charge in [-0.2, -0.15) is 0 Å². The Morgan fingerprint density at radius 3 is 1.20 bits per heavy atom. The minimum Gasteiger partial charge on any atom is -0.228 e. The number of fused-ring (bicyclic) bond motifs is 4. The summed E-state index contributed by atoms with van der Waals surface area (Å²) in [5.74, 6) is 0.725. The zero-order valence-electron chi connectivity index (χ0n) is 35.6. The minimum absolute atomic E-state index is 0.442. The van der Waals surface area contributed by atoms with Gasteiger partial charge in [-0.3, -0.25) is 0 Å². The Balaban J connectivity index is 0.886. The topological polar surface area (TPSA) is 25.8 Å². The maximum absolute atomic E-state index is 5.15. The molecule has 0 fully saturated rings. The minimum atomic E-state index is -0.442. The number of hydrogen-bond acceptors (Lipinski definition) is 2. The van der Waals surface area contributed by atoms with Crippen LogP contribution in [0.2, 0.25) is 0 Å². The van der Waals surface area contributed by atoms with E-state index in [1.165, 1.54) is 66.8 Å². The van der Waals surface area contributed by atoms with Gasteiger partial charge in [-0.05, 0) is 114 Å². The normalized spacial score (nSPS) is 12.4. The highest BCUT2D eigenvalue weighted by Crippen LogP contribution is 2.56. The van der Waals surface area contributed by atoms with Gasteiger partial charge in [0, 0.05) is 16.5 Å². The number of hydrogen-bond donors (Lipinski definition) is 0. The van der Waals surface area contributed by atoms with E-state index in [0.29, 0.717) is 0 Å². The van der Waals surface area contributed by atoms with Gasteiger partial charge in [-0.1, -0.05) is 218 Å². The first-order valence-electron chi connectivity index (χ1n) is 22.3. The van der Waals surface area contributed by atoms with Crippen LogP contribution in [0.4, 0.5) is 0 Å². The molecule has 65 heavy (non-hydrogen) atoms. The van der Waals surface area contributed by atoms with E-state index < -0.39 is 5.41 Å². The molecule has 0 spiro atoms. The lowest BCUT2D eigenvalue weighted by Gasteiger charge is -2.34. The van der Waals surface area contributed by atoms with E-state index in [4.69, 9.17) is 9.97 Å². The monoisotopic (exact) mass is 826 g/mol. The molecule has 1 heterocycles. The van der Waals surface area contributed by atoms with Gasteiger partial charge in [-0.15, -0.1) is 0 Å². The second-order valence-electron chi connectivity index (χ2n) is 16.9. The number of nitrogens with zero attached hydrogens (tertiary/aromatic N) is 2. The Hall–Kier alpha value is -8.46. The van der Waals surface area contributed by atoms with Crippen LogP contribution in [0.15, 0.2) is 255 Å². The average molecular weight is 827 g/mol. The van der Waals surface area contributed by atoms with E-state index >= 15 is 0 Å². The van der Waals surface area contributed by atoms with E-state index in [1.54, 1.807) is 0 Å². The van der Waals surface area contributed by atoms with E-state index in [9.17, 15) is 0 Å². The highest BCUT2D eigenvalue weighted by atomic mass is 14.9. The molecular weight excluding hydrogens is 785 g/mol. The predicted molar refractivity (Wildman–Crippen MR) is 269 cm³/mol. The fourth-order valence-corrected chi connectivity index (χ4v) is 10.1. The Bertz CT molecular complexity index is 3510. The van der Waals surface area contributed by atoms with E-state index in [-0.39, 0.29) is 0 Å². The van der Waals surface area contributed by atoms with Crippen LogP contribution in [-0.2, 0) is 5.41 Å². The molecule has 1 aliphatic carbocycles. The molecule has 2 heteroatoms. The van der Waals surface area contributed by atoms with Crippen molar-refractivity contribution in [3.05, 3.63) is 277 Å². The van der Waals surface area contributed by atoms with Crippen LogP contribution in [0.5, 0.6) is 0 Å². The van der Waals surface area contributed by atoms with Crippen molar-refractivity contribution in [1.29, 1.82) is 0 Å². The Kier molecular flexibility index (Phi) is 9.43. The average Bonchev–Trinajstić information content (AvgIpc) is 3.70. The first-order valence-corrected chi connectivity index (χ1v) is 22.3.